The average molecular weight is 306 g/mol. The Balaban J connectivity index is 2.25. The fourth-order valence-corrected chi connectivity index (χ4v) is 3.03. The van der Waals surface area contributed by atoms with Crippen molar-refractivity contribution in [2.24, 2.45) is 5.92 Å². The summed E-state index contributed by atoms with van der Waals surface area (Å²) in [5, 5.41) is 9.18. The summed E-state index contributed by atoms with van der Waals surface area (Å²) in [6.45, 7) is 2.80. The molecule has 0 unspecified atom stereocenters. The number of hydrogen-bond acceptors (Lipinski definition) is 1. The van der Waals surface area contributed by atoms with Gasteiger partial charge in [0, 0.05) is 23.1 Å². The second-order valence-electron chi connectivity index (χ2n) is 5.97. The first kappa shape index (κ1) is 15.0. The molecule has 3 rings (SSSR count). The maximum atomic E-state index is 13.4. The van der Waals surface area contributed by atoms with Gasteiger partial charge in [0.15, 0.2) is 0 Å². The van der Waals surface area contributed by atoms with Crippen LogP contribution in [0.1, 0.15) is 43.0 Å². The fraction of sp³-hybridized carbons (Fsp3) is 0.471. The van der Waals surface area contributed by atoms with Gasteiger partial charge in [-0.1, -0.05) is 13.3 Å². The van der Waals surface area contributed by atoms with E-state index in [2.05, 4.69) is 0 Å². The van der Waals surface area contributed by atoms with E-state index < -0.39 is 11.7 Å². The number of nitrogens with zero attached hydrogens (tertiary/aromatic N) is 2. The normalized spacial score (nSPS) is 15.2. The van der Waals surface area contributed by atoms with Crippen molar-refractivity contribution in [3.63, 3.8) is 0 Å². The van der Waals surface area contributed by atoms with Crippen molar-refractivity contribution in [1.82, 2.24) is 4.57 Å². The molecule has 0 spiro atoms. The summed E-state index contributed by atoms with van der Waals surface area (Å²) in [4.78, 5) is 0. The number of hydrogen-bond donors (Lipinski definition) is 0. The minimum Gasteiger partial charge on any atom is -0.344 e. The highest BCUT2D eigenvalue weighted by molar-refractivity contribution is 5.87. The SMILES string of the molecule is CCCc1cc2c(C(F)(F)F)c(C#N)ccc2n1CC1CC1. The van der Waals surface area contributed by atoms with Gasteiger partial charge in [-0.2, -0.15) is 18.4 Å². The zero-order valence-electron chi connectivity index (χ0n) is 12.4. The third-order valence-corrected chi connectivity index (χ3v) is 4.22. The number of aromatic nitrogens is 1. The van der Waals surface area contributed by atoms with Gasteiger partial charge in [-0.25, -0.2) is 0 Å². The second-order valence-corrected chi connectivity index (χ2v) is 5.97. The Hall–Kier alpha value is -1.96. The van der Waals surface area contributed by atoms with Gasteiger partial charge in [-0.05, 0) is 43.4 Å². The lowest BCUT2D eigenvalue weighted by molar-refractivity contribution is -0.136. The van der Waals surface area contributed by atoms with Gasteiger partial charge < -0.3 is 4.57 Å². The molecule has 1 aliphatic carbocycles. The lowest BCUT2D eigenvalue weighted by Gasteiger charge is -2.12. The van der Waals surface area contributed by atoms with E-state index in [9.17, 15) is 13.2 Å². The molecule has 0 radical (unpaired) electrons. The zero-order chi connectivity index (χ0) is 15.9. The van der Waals surface area contributed by atoms with Crippen LogP contribution in [0.15, 0.2) is 18.2 Å². The first-order valence-electron chi connectivity index (χ1n) is 7.58. The van der Waals surface area contributed by atoms with E-state index in [1.165, 1.54) is 6.07 Å². The molecule has 116 valence electrons. The molecule has 0 saturated heterocycles. The molecule has 1 aromatic heterocycles. The van der Waals surface area contributed by atoms with E-state index in [0.29, 0.717) is 11.4 Å². The van der Waals surface area contributed by atoms with Crippen molar-refractivity contribution in [2.75, 3.05) is 0 Å². The zero-order valence-corrected chi connectivity index (χ0v) is 12.4. The molecule has 0 N–H and O–H groups in total. The molecule has 1 aliphatic rings. The Kier molecular flexibility index (Phi) is 3.64. The van der Waals surface area contributed by atoms with Crippen LogP contribution in [0, 0.1) is 17.2 Å². The summed E-state index contributed by atoms with van der Waals surface area (Å²) in [5.74, 6) is 0.580. The molecular weight excluding hydrogens is 289 g/mol. The van der Waals surface area contributed by atoms with Crippen molar-refractivity contribution in [1.29, 1.82) is 5.26 Å². The van der Waals surface area contributed by atoms with Gasteiger partial charge in [0.2, 0.25) is 0 Å². The Morgan fingerprint density at radius 3 is 2.59 bits per heavy atom. The predicted octanol–water partition coefficient (Wildman–Crippen LogP) is 4.89. The highest BCUT2D eigenvalue weighted by Gasteiger charge is 2.37. The lowest BCUT2D eigenvalue weighted by Crippen LogP contribution is -2.09. The molecule has 1 saturated carbocycles. The summed E-state index contributed by atoms with van der Waals surface area (Å²) in [6.07, 6.45) is -0.588. The van der Waals surface area contributed by atoms with Crippen LogP contribution in [0.25, 0.3) is 10.9 Å². The summed E-state index contributed by atoms with van der Waals surface area (Å²) >= 11 is 0. The van der Waals surface area contributed by atoms with Gasteiger partial charge in [-0.15, -0.1) is 0 Å². The van der Waals surface area contributed by atoms with Gasteiger partial charge in [0.25, 0.3) is 0 Å². The Labute approximate surface area is 127 Å². The minimum absolute atomic E-state index is 0.163. The van der Waals surface area contributed by atoms with Crippen LogP contribution in [0.2, 0.25) is 0 Å². The topological polar surface area (TPSA) is 28.7 Å². The highest BCUT2D eigenvalue weighted by atomic mass is 19.4. The molecule has 2 nitrogen and oxygen atoms in total. The van der Waals surface area contributed by atoms with Crippen molar-refractivity contribution in [2.45, 2.75) is 45.3 Å². The predicted molar refractivity (Wildman–Crippen MR) is 78.4 cm³/mol. The molecule has 0 amide bonds. The Bertz CT molecular complexity index is 746. The Morgan fingerprint density at radius 2 is 2.05 bits per heavy atom. The van der Waals surface area contributed by atoms with Gasteiger partial charge in [-0.3, -0.25) is 0 Å². The van der Waals surface area contributed by atoms with Gasteiger partial charge >= 0.3 is 6.18 Å². The van der Waals surface area contributed by atoms with Crippen LogP contribution in [0.4, 0.5) is 13.2 Å². The summed E-state index contributed by atoms with van der Waals surface area (Å²) in [7, 11) is 0. The van der Waals surface area contributed by atoms with Crippen LogP contribution in [0.3, 0.4) is 0 Å². The number of fused-ring (bicyclic) bond motifs is 1. The monoisotopic (exact) mass is 306 g/mol. The molecule has 0 atom stereocenters. The molecule has 1 heterocycles. The van der Waals surface area contributed by atoms with Crippen molar-refractivity contribution < 1.29 is 13.2 Å². The summed E-state index contributed by atoms with van der Waals surface area (Å²) in [6, 6.07) is 6.26. The minimum atomic E-state index is -4.51. The van der Waals surface area contributed by atoms with Crippen LogP contribution >= 0.6 is 0 Å². The number of alkyl halides is 3. The molecule has 1 fully saturated rings. The third-order valence-electron chi connectivity index (χ3n) is 4.22. The summed E-state index contributed by atoms with van der Waals surface area (Å²) in [5.41, 5.74) is 0.442. The van der Waals surface area contributed by atoms with Gasteiger partial charge in [0.05, 0.1) is 17.2 Å². The maximum Gasteiger partial charge on any atom is 0.418 e. The number of aryl methyl sites for hydroxylation is 1. The highest BCUT2D eigenvalue weighted by Crippen LogP contribution is 2.40. The van der Waals surface area contributed by atoms with E-state index in [1.54, 1.807) is 18.2 Å². The largest absolute Gasteiger partial charge is 0.418 e. The van der Waals surface area contributed by atoms with E-state index in [-0.39, 0.29) is 10.9 Å². The number of benzene rings is 1. The molecule has 2 aromatic rings. The molecule has 1 aromatic carbocycles. The number of rotatable bonds is 4. The second kappa shape index (κ2) is 5.35. The van der Waals surface area contributed by atoms with Crippen molar-refractivity contribution in [3.8, 4) is 6.07 Å². The van der Waals surface area contributed by atoms with Crippen molar-refractivity contribution >= 4 is 10.9 Å². The molecule has 5 heteroatoms. The van der Waals surface area contributed by atoms with Crippen LogP contribution < -0.4 is 0 Å². The Morgan fingerprint density at radius 1 is 1.32 bits per heavy atom. The summed E-state index contributed by atoms with van der Waals surface area (Å²) < 4.78 is 42.2. The van der Waals surface area contributed by atoms with E-state index in [0.717, 1.165) is 37.9 Å². The van der Waals surface area contributed by atoms with Crippen LogP contribution in [-0.2, 0) is 19.1 Å². The van der Waals surface area contributed by atoms with Crippen LogP contribution in [-0.4, -0.2) is 4.57 Å². The van der Waals surface area contributed by atoms with E-state index in [1.807, 2.05) is 11.5 Å². The van der Waals surface area contributed by atoms with Crippen LogP contribution in [0.5, 0.6) is 0 Å². The molecular formula is C17H17F3N2. The van der Waals surface area contributed by atoms with Gasteiger partial charge in [0.1, 0.15) is 0 Å². The van der Waals surface area contributed by atoms with E-state index in [4.69, 9.17) is 5.26 Å². The van der Waals surface area contributed by atoms with Crippen molar-refractivity contribution in [3.05, 3.63) is 35.0 Å². The third kappa shape index (κ3) is 2.58. The first-order chi connectivity index (χ1) is 10.5. The lowest BCUT2D eigenvalue weighted by atomic mass is 10.0. The quantitative estimate of drug-likeness (QED) is 0.790. The maximum absolute atomic E-state index is 13.4. The smallest absolute Gasteiger partial charge is 0.344 e. The molecule has 0 bridgehead atoms. The standard InChI is InChI=1S/C17H17F3N2/c1-2-3-13-8-14-15(22(13)10-11-4-5-11)7-6-12(9-21)16(14)17(18,19)20/h6-8,11H,2-5,10H2,1H3. The first-order valence-corrected chi connectivity index (χ1v) is 7.58. The molecule has 0 aliphatic heterocycles. The average Bonchev–Trinajstić information content (AvgIpc) is 3.20. The molecule has 22 heavy (non-hydrogen) atoms. The number of nitriles is 1. The fourth-order valence-electron chi connectivity index (χ4n) is 3.03. The van der Waals surface area contributed by atoms with E-state index >= 15 is 0 Å². The number of halogens is 3.